The van der Waals surface area contributed by atoms with Gasteiger partial charge in [-0.15, -0.1) is 0 Å². The van der Waals surface area contributed by atoms with Crippen molar-refractivity contribution >= 4 is 27.3 Å². The second kappa shape index (κ2) is 4.66. The van der Waals surface area contributed by atoms with Crippen molar-refractivity contribution in [1.29, 1.82) is 0 Å². The molecule has 3 rings (SSSR count). The van der Waals surface area contributed by atoms with Gasteiger partial charge in [0.05, 0.1) is 10.8 Å². The SMILES string of the molecule is CCC(=O)c1c2cccc(O)c2c(O)c2c(O)cccc12. The number of carbonyl (C=O) groups is 1. The van der Waals surface area contributed by atoms with Crippen LogP contribution in [0.1, 0.15) is 23.7 Å². The Morgan fingerprint density at radius 2 is 1.38 bits per heavy atom. The zero-order valence-corrected chi connectivity index (χ0v) is 11.4. The Bertz CT molecular complexity index is 818. The first-order valence-corrected chi connectivity index (χ1v) is 6.67. The summed E-state index contributed by atoms with van der Waals surface area (Å²) < 4.78 is 0. The van der Waals surface area contributed by atoms with Crippen LogP contribution < -0.4 is 0 Å². The third-order valence-electron chi connectivity index (χ3n) is 3.70. The van der Waals surface area contributed by atoms with Crippen molar-refractivity contribution < 1.29 is 20.1 Å². The lowest BCUT2D eigenvalue weighted by molar-refractivity contribution is 0.0991. The van der Waals surface area contributed by atoms with Crippen molar-refractivity contribution in [1.82, 2.24) is 0 Å². The number of fused-ring (bicyclic) bond motifs is 2. The maximum absolute atomic E-state index is 12.3. The Balaban J connectivity index is 2.68. The van der Waals surface area contributed by atoms with Gasteiger partial charge in [-0.3, -0.25) is 4.79 Å². The van der Waals surface area contributed by atoms with Crippen molar-refractivity contribution in [2.45, 2.75) is 13.3 Å². The van der Waals surface area contributed by atoms with E-state index in [0.29, 0.717) is 22.8 Å². The first-order chi connectivity index (χ1) is 10.1. The fourth-order valence-corrected chi connectivity index (χ4v) is 2.74. The van der Waals surface area contributed by atoms with E-state index in [1.165, 1.54) is 12.1 Å². The highest BCUT2D eigenvalue weighted by Gasteiger charge is 2.21. The van der Waals surface area contributed by atoms with Crippen molar-refractivity contribution in [3.05, 3.63) is 42.0 Å². The van der Waals surface area contributed by atoms with Crippen molar-refractivity contribution in [3.8, 4) is 17.2 Å². The Morgan fingerprint density at radius 1 is 0.905 bits per heavy atom. The molecule has 0 aliphatic heterocycles. The number of ketones is 1. The second-order valence-electron chi connectivity index (χ2n) is 4.90. The molecule has 0 fully saturated rings. The van der Waals surface area contributed by atoms with Crippen molar-refractivity contribution in [2.24, 2.45) is 0 Å². The summed E-state index contributed by atoms with van der Waals surface area (Å²) in [7, 11) is 0. The van der Waals surface area contributed by atoms with Crippen LogP contribution in [0.4, 0.5) is 0 Å². The van der Waals surface area contributed by atoms with E-state index < -0.39 is 0 Å². The van der Waals surface area contributed by atoms with Gasteiger partial charge in [0.2, 0.25) is 0 Å². The van der Waals surface area contributed by atoms with Crippen molar-refractivity contribution in [2.75, 3.05) is 0 Å². The predicted octanol–water partition coefficient (Wildman–Crippen LogP) is 3.70. The molecule has 0 unspecified atom stereocenters. The highest BCUT2D eigenvalue weighted by Crippen LogP contribution is 2.44. The van der Waals surface area contributed by atoms with Gasteiger partial charge in [-0.05, 0) is 12.1 Å². The molecule has 3 N–H and O–H groups in total. The summed E-state index contributed by atoms with van der Waals surface area (Å²) in [6.45, 7) is 1.75. The van der Waals surface area contributed by atoms with Crippen LogP contribution in [0.3, 0.4) is 0 Å². The van der Waals surface area contributed by atoms with Crippen LogP contribution >= 0.6 is 0 Å². The fraction of sp³-hybridized carbons (Fsp3) is 0.118. The van der Waals surface area contributed by atoms with Crippen LogP contribution in [0, 0.1) is 0 Å². The van der Waals surface area contributed by atoms with E-state index in [-0.39, 0.29) is 33.8 Å². The highest BCUT2D eigenvalue weighted by atomic mass is 16.3. The van der Waals surface area contributed by atoms with Gasteiger partial charge < -0.3 is 15.3 Å². The Hall–Kier alpha value is -2.75. The van der Waals surface area contributed by atoms with Crippen LogP contribution in [0.5, 0.6) is 17.2 Å². The third-order valence-corrected chi connectivity index (χ3v) is 3.70. The van der Waals surface area contributed by atoms with Crippen LogP contribution in [0.2, 0.25) is 0 Å². The number of rotatable bonds is 2. The maximum atomic E-state index is 12.3. The quantitative estimate of drug-likeness (QED) is 0.494. The van der Waals surface area contributed by atoms with Gasteiger partial charge in [-0.1, -0.05) is 31.2 Å². The zero-order chi connectivity index (χ0) is 15.1. The van der Waals surface area contributed by atoms with E-state index >= 15 is 0 Å². The summed E-state index contributed by atoms with van der Waals surface area (Å²) in [5.74, 6) is -0.578. The maximum Gasteiger partial charge on any atom is 0.163 e. The average Bonchev–Trinajstić information content (AvgIpc) is 2.47. The van der Waals surface area contributed by atoms with Crippen molar-refractivity contribution in [3.63, 3.8) is 0 Å². The molecule has 0 bridgehead atoms. The number of phenols is 3. The lowest BCUT2D eigenvalue weighted by atomic mass is 9.91. The fourth-order valence-electron chi connectivity index (χ4n) is 2.74. The molecule has 0 heterocycles. The molecule has 0 radical (unpaired) electrons. The molecule has 0 amide bonds. The molecular weight excluding hydrogens is 268 g/mol. The van der Waals surface area contributed by atoms with Gasteiger partial charge in [-0.25, -0.2) is 0 Å². The minimum absolute atomic E-state index is 0.110. The summed E-state index contributed by atoms with van der Waals surface area (Å²) in [4.78, 5) is 12.3. The van der Waals surface area contributed by atoms with Crippen LogP contribution in [0.25, 0.3) is 21.5 Å². The molecule has 0 aromatic heterocycles. The van der Waals surface area contributed by atoms with Gasteiger partial charge >= 0.3 is 0 Å². The van der Waals surface area contributed by atoms with Crippen LogP contribution in [0.15, 0.2) is 36.4 Å². The summed E-state index contributed by atoms with van der Waals surface area (Å²) in [5, 5.41) is 31.8. The number of aromatic hydroxyl groups is 3. The van der Waals surface area contributed by atoms with Crippen LogP contribution in [-0.4, -0.2) is 21.1 Å². The average molecular weight is 282 g/mol. The minimum Gasteiger partial charge on any atom is -0.507 e. The number of phenolic OH excluding ortho intramolecular Hbond substituents is 3. The van der Waals surface area contributed by atoms with Crippen LogP contribution in [-0.2, 0) is 0 Å². The molecule has 4 heteroatoms. The molecule has 0 spiro atoms. The van der Waals surface area contributed by atoms with E-state index in [0.717, 1.165) is 0 Å². The van der Waals surface area contributed by atoms with E-state index in [2.05, 4.69) is 0 Å². The molecule has 3 aromatic rings. The molecule has 4 nitrogen and oxygen atoms in total. The molecule has 106 valence electrons. The summed E-state index contributed by atoms with van der Waals surface area (Å²) in [6, 6.07) is 9.49. The lowest BCUT2D eigenvalue weighted by Crippen LogP contribution is -2.00. The van der Waals surface area contributed by atoms with Gasteiger partial charge in [0, 0.05) is 22.8 Å². The van der Waals surface area contributed by atoms with E-state index in [9.17, 15) is 20.1 Å². The molecule has 0 atom stereocenters. The third kappa shape index (κ3) is 1.80. The molecule has 3 aromatic carbocycles. The number of Topliss-reactive ketones (excluding diaryl/α,β-unsaturated/α-hetero) is 1. The molecule has 21 heavy (non-hydrogen) atoms. The number of carbonyl (C=O) groups excluding carboxylic acids is 1. The summed E-state index contributed by atoms with van der Waals surface area (Å²) >= 11 is 0. The highest BCUT2D eigenvalue weighted by molar-refractivity contribution is 6.23. The normalized spacial score (nSPS) is 11.1. The predicted molar refractivity (Wildman–Crippen MR) is 81.1 cm³/mol. The second-order valence-corrected chi connectivity index (χ2v) is 4.90. The number of hydrogen-bond acceptors (Lipinski definition) is 4. The molecule has 0 saturated heterocycles. The Morgan fingerprint density at radius 3 is 1.81 bits per heavy atom. The number of hydrogen-bond donors (Lipinski definition) is 3. The van der Waals surface area contributed by atoms with E-state index in [4.69, 9.17) is 0 Å². The standard InChI is InChI=1S/C17H14O4/c1-2-11(18)14-9-5-3-7-12(19)15(9)17(21)16-10(14)6-4-8-13(16)20/h3-8,19-21H,2H2,1H3. The Labute approximate surface area is 120 Å². The molecular formula is C17H14O4. The lowest BCUT2D eigenvalue weighted by Gasteiger charge is -2.14. The molecule has 0 aliphatic rings. The minimum atomic E-state index is -0.219. The summed E-state index contributed by atoms with van der Waals surface area (Å²) in [5.41, 5.74) is 0.409. The smallest absolute Gasteiger partial charge is 0.163 e. The molecule has 0 saturated carbocycles. The van der Waals surface area contributed by atoms with Gasteiger partial charge in [0.25, 0.3) is 0 Å². The van der Waals surface area contributed by atoms with E-state index in [1.807, 2.05) is 0 Å². The van der Waals surface area contributed by atoms with E-state index in [1.54, 1.807) is 31.2 Å². The monoisotopic (exact) mass is 282 g/mol. The van der Waals surface area contributed by atoms with Gasteiger partial charge in [-0.2, -0.15) is 0 Å². The zero-order valence-electron chi connectivity index (χ0n) is 11.4. The first kappa shape index (κ1) is 13.2. The first-order valence-electron chi connectivity index (χ1n) is 6.67. The Kier molecular flexibility index (Phi) is 2.94. The molecule has 0 aliphatic carbocycles. The van der Waals surface area contributed by atoms with Gasteiger partial charge in [0.15, 0.2) is 5.78 Å². The largest absolute Gasteiger partial charge is 0.507 e. The number of benzene rings is 3. The van der Waals surface area contributed by atoms with Gasteiger partial charge in [0.1, 0.15) is 17.2 Å². The summed E-state index contributed by atoms with van der Waals surface area (Å²) in [6.07, 6.45) is 0.292. The topological polar surface area (TPSA) is 77.8 Å².